The van der Waals surface area contributed by atoms with Crippen LogP contribution in [0.25, 0.3) is 0 Å². The van der Waals surface area contributed by atoms with Gasteiger partial charge in [0, 0.05) is 18.8 Å². The van der Waals surface area contributed by atoms with E-state index in [-0.39, 0.29) is 11.8 Å². The van der Waals surface area contributed by atoms with E-state index in [0.29, 0.717) is 5.92 Å². The van der Waals surface area contributed by atoms with Crippen LogP contribution in [0.5, 0.6) is 0 Å². The predicted octanol–water partition coefficient (Wildman–Crippen LogP) is 3.06. The molecule has 3 heteroatoms. The smallest absolute Gasteiger partial charge is 0.227 e. The number of benzene rings is 1. The monoisotopic (exact) mass is 270 g/mol. The fourth-order valence-corrected chi connectivity index (χ4v) is 3.15. The first-order valence-corrected chi connectivity index (χ1v) is 7.60. The van der Waals surface area contributed by atoms with Crippen LogP contribution >= 0.6 is 0 Å². The Morgan fingerprint density at radius 2 is 2.15 bits per heavy atom. The molecule has 0 radical (unpaired) electrons. The summed E-state index contributed by atoms with van der Waals surface area (Å²) in [6.45, 7) is 1.69. The third-order valence-electron chi connectivity index (χ3n) is 4.34. The van der Waals surface area contributed by atoms with Gasteiger partial charge in [-0.2, -0.15) is 0 Å². The zero-order valence-electron chi connectivity index (χ0n) is 11.8. The Bertz CT molecular complexity index is 509. The van der Waals surface area contributed by atoms with Crippen LogP contribution in [0.15, 0.2) is 36.4 Å². The van der Waals surface area contributed by atoms with Gasteiger partial charge in [-0.3, -0.25) is 4.79 Å². The lowest BCUT2D eigenvalue weighted by atomic mass is 9.89. The van der Waals surface area contributed by atoms with Crippen molar-refractivity contribution in [1.82, 2.24) is 5.32 Å². The number of carbonyl (C=O) groups excluding carboxylic acids is 1. The molecule has 20 heavy (non-hydrogen) atoms. The molecule has 3 rings (SSSR count). The molecule has 1 amide bonds. The average molecular weight is 270 g/mol. The van der Waals surface area contributed by atoms with Gasteiger partial charge in [-0.25, -0.2) is 0 Å². The first-order chi connectivity index (χ1) is 9.84. The van der Waals surface area contributed by atoms with Crippen molar-refractivity contribution in [1.29, 1.82) is 0 Å². The molecule has 3 nitrogen and oxygen atoms in total. The molecule has 1 heterocycles. The van der Waals surface area contributed by atoms with Crippen LogP contribution in [0.2, 0.25) is 0 Å². The minimum Gasteiger partial charge on any atom is -0.385 e. The van der Waals surface area contributed by atoms with Crippen LogP contribution in [-0.2, 0) is 4.79 Å². The molecular weight excluding hydrogens is 248 g/mol. The van der Waals surface area contributed by atoms with Crippen LogP contribution < -0.4 is 10.6 Å². The molecule has 2 aliphatic rings. The standard InChI is InChI=1S/C17H22N2O/c20-17(19-12-13-6-2-1-3-7-13)15-10-11-18-16-9-5-4-8-14(15)16/h1-2,4-5,8-9,13,15,18H,3,6-7,10-12H2,(H,19,20). The van der Waals surface area contributed by atoms with Crippen molar-refractivity contribution in [3.8, 4) is 0 Å². The predicted molar refractivity (Wildman–Crippen MR) is 81.8 cm³/mol. The molecule has 2 atom stereocenters. The lowest BCUT2D eigenvalue weighted by Crippen LogP contribution is -2.36. The Hall–Kier alpha value is -1.77. The van der Waals surface area contributed by atoms with E-state index >= 15 is 0 Å². The Labute approximate surface area is 120 Å². The minimum atomic E-state index is 0.00610. The van der Waals surface area contributed by atoms with Gasteiger partial charge in [0.2, 0.25) is 5.91 Å². The molecule has 1 aromatic carbocycles. The number of rotatable bonds is 3. The molecule has 106 valence electrons. The largest absolute Gasteiger partial charge is 0.385 e. The number of carbonyl (C=O) groups is 1. The van der Waals surface area contributed by atoms with Gasteiger partial charge in [0.1, 0.15) is 0 Å². The van der Waals surface area contributed by atoms with E-state index in [1.54, 1.807) is 0 Å². The topological polar surface area (TPSA) is 41.1 Å². The molecule has 0 aromatic heterocycles. The summed E-state index contributed by atoms with van der Waals surface area (Å²) in [5, 5.41) is 6.53. The van der Waals surface area contributed by atoms with Crippen molar-refractivity contribution in [3.05, 3.63) is 42.0 Å². The van der Waals surface area contributed by atoms with E-state index in [4.69, 9.17) is 0 Å². The van der Waals surface area contributed by atoms with Crippen LogP contribution in [0.3, 0.4) is 0 Å². The van der Waals surface area contributed by atoms with Crippen molar-refractivity contribution in [2.24, 2.45) is 5.92 Å². The normalized spacial score (nSPS) is 24.6. The summed E-state index contributed by atoms with van der Waals surface area (Å²) >= 11 is 0. The van der Waals surface area contributed by atoms with Gasteiger partial charge in [0.05, 0.1) is 5.92 Å². The highest BCUT2D eigenvalue weighted by molar-refractivity contribution is 5.86. The summed E-state index contributed by atoms with van der Waals surface area (Å²) in [6.07, 6.45) is 8.80. The number of para-hydroxylation sites is 1. The van der Waals surface area contributed by atoms with Crippen molar-refractivity contribution < 1.29 is 4.79 Å². The van der Waals surface area contributed by atoms with Crippen molar-refractivity contribution in [2.45, 2.75) is 31.6 Å². The third-order valence-corrected chi connectivity index (χ3v) is 4.34. The molecule has 1 aromatic rings. The lowest BCUT2D eigenvalue weighted by Gasteiger charge is -2.27. The summed E-state index contributed by atoms with van der Waals surface area (Å²) < 4.78 is 0. The van der Waals surface area contributed by atoms with Crippen LogP contribution in [0, 0.1) is 5.92 Å². The average Bonchev–Trinajstić information content (AvgIpc) is 2.53. The maximum absolute atomic E-state index is 12.4. The molecule has 0 saturated heterocycles. The van der Waals surface area contributed by atoms with E-state index in [1.807, 2.05) is 12.1 Å². The summed E-state index contributed by atoms with van der Waals surface area (Å²) in [4.78, 5) is 12.4. The van der Waals surface area contributed by atoms with Crippen LogP contribution in [0.1, 0.15) is 37.2 Å². The van der Waals surface area contributed by atoms with Gasteiger partial charge in [-0.05, 0) is 43.2 Å². The number of anilines is 1. The molecule has 2 unspecified atom stereocenters. The molecule has 0 fully saturated rings. The van der Waals surface area contributed by atoms with E-state index in [1.165, 1.54) is 6.42 Å². The number of fused-ring (bicyclic) bond motifs is 1. The summed E-state index contributed by atoms with van der Waals surface area (Å²) in [5.41, 5.74) is 2.25. The first kappa shape index (κ1) is 13.2. The fourth-order valence-electron chi connectivity index (χ4n) is 3.15. The summed E-state index contributed by atoms with van der Waals surface area (Å²) in [7, 11) is 0. The van der Waals surface area contributed by atoms with Crippen LogP contribution in [-0.4, -0.2) is 19.0 Å². The SMILES string of the molecule is O=C(NCC1CC=CCC1)C1CCNc2ccccc21. The molecule has 2 N–H and O–H groups in total. The maximum Gasteiger partial charge on any atom is 0.227 e. The Morgan fingerprint density at radius 1 is 1.25 bits per heavy atom. The molecule has 0 spiro atoms. The van der Waals surface area contributed by atoms with Gasteiger partial charge >= 0.3 is 0 Å². The Balaban J connectivity index is 1.61. The Kier molecular flexibility index (Phi) is 4.05. The number of hydrogen-bond acceptors (Lipinski definition) is 2. The van der Waals surface area contributed by atoms with Gasteiger partial charge in [0.15, 0.2) is 0 Å². The van der Waals surface area contributed by atoms with E-state index in [9.17, 15) is 4.79 Å². The number of nitrogens with one attached hydrogen (secondary N) is 2. The second-order valence-electron chi connectivity index (χ2n) is 5.75. The molecule has 1 aliphatic carbocycles. The van der Waals surface area contributed by atoms with E-state index < -0.39 is 0 Å². The number of allylic oxidation sites excluding steroid dienone is 2. The lowest BCUT2D eigenvalue weighted by molar-refractivity contribution is -0.122. The zero-order chi connectivity index (χ0) is 13.8. The quantitative estimate of drug-likeness (QED) is 0.829. The number of amides is 1. The fraction of sp³-hybridized carbons (Fsp3) is 0.471. The highest BCUT2D eigenvalue weighted by atomic mass is 16.1. The Morgan fingerprint density at radius 3 is 3.00 bits per heavy atom. The van der Waals surface area contributed by atoms with Gasteiger partial charge < -0.3 is 10.6 Å². The van der Waals surface area contributed by atoms with Crippen molar-refractivity contribution in [2.75, 3.05) is 18.4 Å². The van der Waals surface area contributed by atoms with Crippen molar-refractivity contribution >= 4 is 11.6 Å². The second kappa shape index (κ2) is 6.12. The zero-order valence-corrected chi connectivity index (χ0v) is 11.8. The van der Waals surface area contributed by atoms with E-state index in [2.05, 4.69) is 34.9 Å². The highest BCUT2D eigenvalue weighted by Crippen LogP contribution is 2.31. The van der Waals surface area contributed by atoms with Gasteiger partial charge in [0.25, 0.3) is 0 Å². The van der Waals surface area contributed by atoms with Crippen LogP contribution in [0.4, 0.5) is 5.69 Å². The highest BCUT2D eigenvalue weighted by Gasteiger charge is 2.26. The summed E-state index contributed by atoms with van der Waals surface area (Å²) in [6, 6.07) is 8.15. The minimum absolute atomic E-state index is 0.00610. The number of hydrogen-bond donors (Lipinski definition) is 2. The molecule has 0 bridgehead atoms. The maximum atomic E-state index is 12.4. The first-order valence-electron chi connectivity index (χ1n) is 7.60. The summed E-state index contributed by atoms with van der Waals surface area (Å²) in [5.74, 6) is 0.806. The third kappa shape index (κ3) is 2.87. The van der Waals surface area contributed by atoms with Gasteiger partial charge in [-0.1, -0.05) is 30.4 Å². The molecule has 0 saturated carbocycles. The molecule has 1 aliphatic heterocycles. The van der Waals surface area contributed by atoms with E-state index in [0.717, 1.165) is 43.6 Å². The van der Waals surface area contributed by atoms with Gasteiger partial charge in [-0.15, -0.1) is 0 Å². The second-order valence-corrected chi connectivity index (χ2v) is 5.75. The van der Waals surface area contributed by atoms with Crippen molar-refractivity contribution in [3.63, 3.8) is 0 Å². The molecular formula is C17H22N2O.